The monoisotopic (exact) mass is 268 g/mol. The van der Waals surface area contributed by atoms with Crippen molar-refractivity contribution < 1.29 is 13.9 Å². The van der Waals surface area contributed by atoms with Crippen molar-refractivity contribution >= 4 is 11.6 Å². The first kappa shape index (κ1) is 15.4. The van der Waals surface area contributed by atoms with Gasteiger partial charge in [-0.2, -0.15) is 0 Å². The van der Waals surface area contributed by atoms with Crippen molar-refractivity contribution in [3.05, 3.63) is 29.1 Å². The Kier molecular flexibility index (Phi) is 5.30. The summed E-state index contributed by atoms with van der Waals surface area (Å²) in [6, 6.07) is 2.78. The molecule has 0 aliphatic carbocycles. The van der Waals surface area contributed by atoms with Crippen LogP contribution in [-0.4, -0.2) is 37.1 Å². The van der Waals surface area contributed by atoms with E-state index in [1.165, 1.54) is 12.1 Å². The van der Waals surface area contributed by atoms with Crippen molar-refractivity contribution in [1.29, 1.82) is 0 Å². The maximum absolute atomic E-state index is 14.0. The molecule has 0 heterocycles. The molecule has 1 amide bonds. The Hall–Kier alpha value is -1.62. The van der Waals surface area contributed by atoms with Gasteiger partial charge in [0.15, 0.2) is 0 Å². The van der Waals surface area contributed by atoms with Crippen LogP contribution >= 0.6 is 0 Å². The van der Waals surface area contributed by atoms with Gasteiger partial charge in [0, 0.05) is 19.3 Å². The molecule has 0 aromatic heterocycles. The molecule has 5 heteroatoms. The van der Waals surface area contributed by atoms with Crippen LogP contribution in [0.3, 0.4) is 0 Å². The van der Waals surface area contributed by atoms with Crippen LogP contribution in [0.1, 0.15) is 29.8 Å². The highest BCUT2D eigenvalue weighted by Gasteiger charge is 2.23. The van der Waals surface area contributed by atoms with Crippen LogP contribution in [0.2, 0.25) is 0 Å². The fourth-order valence-electron chi connectivity index (χ4n) is 2.09. The first-order valence-electron chi connectivity index (χ1n) is 6.27. The Morgan fingerprint density at radius 2 is 2.16 bits per heavy atom. The number of aryl methyl sites for hydroxylation is 1. The fraction of sp³-hybridized carbons (Fsp3) is 0.500. The minimum absolute atomic E-state index is 0.0160. The normalized spacial score (nSPS) is 12.3. The van der Waals surface area contributed by atoms with Gasteiger partial charge in [-0.1, -0.05) is 0 Å². The van der Waals surface area contributed by atoms with Crippen LogP contribution in [-0.2, 0) is 4.74 Å². The van der Waals surface area contributed by atoms with E-state index in [2.05, 4.69) is 0 Å². The number of ether oxygens (including phenoxy) is 1. The van der Waals surface area contributed by atoms with Gasteiger partial charge in [0.25, 0.3) is 5.91 Å². The number of likely N-dealkylation sites (N-methyl/N-ethyl adjacent to an activating group) is 1. The van der Waals surface area contributed by atoms with E-state index in [9.17, 15) is 9.18 Å². The molecule has 0 radical (unpaired) electrons. The third-order valence-corrected chi connectivity index (χ3v) is 3.05. The maximum Gasteiger partial charge on any atom is 0.257 e. The highest BCUT2D eigenvalue weighted by atomic mass is 19.1. The smallest absolute Gasteiger partial charge is 0.257 e. The van der Waals surface area contributed by atoms with E-state index in [4.69, 9.17) is 10.5 Å². The molecule has 0 aliphatic rings. The SMILES string of the molecule is CCN(C(=O)c1cc(N)cc(C)c1F)C(C)COC. The molecule has 0 fully saturated rings. The molecular formula is C14H21FN2O2. The molecule has 0 aliphatic heterocycles. The van der Waals surface area contributed by atoms with Gasteiger partial charge >= 0.3 is 0 Å². The number of benzene rings is 1. The average molecular weight is 268 g/mol. The van der Waals surface area contributed by atoms with Crippen molar-refractivity contribution in [3.8, 4) is 0 Å². The molecule has 0 spiro atoms. The first-order valence-corrected chi connectivity index (χ1v) is 6.27. The first-order chi connectivity index (χ1) is 8.92. The van der Waals surface area contributed by atoms with Crippen molar-refractivity contribution in [2.24, 2.45) is 0 Å². The standard InChI is InChI=1S/C14H21FN2O2/c1-5-17(10(3)8-19-4)14(18)12-7-11(16)6-9(2)13(12)15/h6-7,10H,5,8,16H2,1-4H3. The van der Waals surface area contributed by atoms with E-state index >= 15 is 0 Å². The molecule has 0 saturated heterocycles. The van der Waals surface area contributed by atoms with Crippen LogP contribution < -0.4 is 5.73 Å². The molecule has 1 aromatic rings. The lowest BCUT2D eigenvalue weighted by atomic mass is 10.1. The Bertz CT molecular complexity index is 463. The van der Waals surface area contributed by atoms with Gasteiger partial charge in [0.2, 0.25) is 0 Å². The number of carbonyl (C=O) groups is 1. The van der Waals surface area contributed by atoms with Gasteiger partial charge in [0.1, 0.15) is 5.82 Å². The van der Waals surface area contributed by atoms with Crippen LogP contribution in [0.25, 0.3) is 0 Å². The number of methoxy groups -OCH3 is 1. The minimum Gasteiger partial charge on any atom is -0.399 e. The molecule has 106 valence electrons. The van der Waals surface area contributed by atoms with Crippen molar-refractivity contribution in [1.82, 2.24) is 4.90 Å². The largest absolute Gasteiger partial charge is 0.399 e. The third-order valence-electron chi connectivity index (χ3n) is 3.05. The average Bonchev–Trinajstić information content (AvgIpc) is 2.34. The van der Waals surface area contributed by atoms with Gasteiger partial charge in [-0.25, -0.2) is 4.39 Å². The Morgan fingerprint density at radius 3 is 2.68 bits per heavy atom. The topological polar surface area (TPSA) is 55.6 Å². The fourth-order valence-corrected chi connectivity index (χ4v) is 2.09. The second-order valence-corrected chi connectivity index (χ2v) is 4.59. The van der Waals surface area contributed by atoms with Gasteiger partial charge in [-0.05, 0) is 38.5 Å². The number of nitrogen functional groups attached to an aromatic ring is 1. The molecule has 1 atom stereocenters. The molecule has 19 heavy (non-hydrogen) atoms. The minimum atomic E-state index is -0.512. The quantitative estimate of drug-likeness (QED) is 0.833. The van der Waals surface area contributed by atoms with Crippen molar-refractivity contribution in [2.45, 2.75) is 26.8 Å². The highest BCUT2D eigenvalue weighted by molar-refractivity contribution is 5.95. The summed E-state index contributed by atoms with van der Waals surface area (Å²) in [5, 5.41) is 0. The lowest BCUT2D eigenvalue weighted by Gasteiger charge is -2.28. The van der Waals surface area contributed by atoms with E-state index in [-0.39, 0.29) is 17.5 Å². The van der Waals surface area contributed by atoms with E-state index < -0.39 is 5.82 Å². The van der Waals surface area contributed by atoms with Crippen molar-refractivity contribution in [2.75, 3.05) is 26.0 Å². The van der Waals surface area contributed by atoms with E-state index in [0.29, 0.717) is 24.4 Å². The number of nitrogens with zero attached hydrogens (tertiary/aromatic N) is 1. The molecular weight excluding hydrogens is 247 g/mol. The molecule has 1 rings (SSSR count). The predicted molar refractivity (Wildman–Crippen MR) is 73.6 cm³/mol. The number of rotatable bonds is 5. The summed E-state index contributed by atoms with van der Waals surface area (Å²) in [4.78, 5) is 14.0. The molecule has 1 aromatic carbocycles. The molecule has 0 bridgehead atoms. The zero-order valence-corrected chi connectivity index (χ0v) is 11.9. The second-order valence-electron chi connectivity index (χ2n) is 4.59. The summed E-state index contributed by atoms with van der Waals surface area (Å²) in [6.45, 7) is 6.19. The Balaban J connectivity index is 3.10. The van der Waals surface area contributed by atoms with Gasteiger partial charge in [-0.15, -0.1) is 0 Å². The number of carbonyl (C=O) groups excluding carboxylic acids is 1. The molecule has 4 nitrogen and oxygen atoms in total. The second kappa shape index (κ2) is 6.52. The molecule has 1 unspecified atom stereocenters. The third kappa shape index (κ3) is 3.44. The zero-order chi connectivity index (χ0) is 14.6. The van der Waals surface area contributed by atoms with Crippen molar-refractivity contribution in [3.63, 3.8) is 0 Å². The highest BCUT2D eigenvalue weighted by Crippen LogP contribution is 2.19. The molecule has 0 saturated carbocycles. The number of anilines is 1. The lowest BCUT2D eigenvalue weighted by Crippen LogP contribution is -2.41. The van der Waals surface area contributed by atoms with E-state index in [1.54, 1.807) is 18.9 Å². The summed E-state index contributed by atoms with van der Waals surface area (Å²) in [5.74, 6) is -0.873. The van der Waals surface area contributed by atoms with Crippen LogP contribution in [0, 0.1) is 12.7 Å². The van der Waals surface area contributed by atoms with E-state index in [0.717, 1.165) is 0 Å². The van der Waals surface area contributed by atoms with Crippen LogP contribution in [0.15, 0.2) is 12.1 Å². The Morgan fingerprint density at radius 1 is 1.53 bits per heavy atom. The zero-order valence-electron chi connectivity index (χ0n) is 11.9. The van der Waals surface area contributed by atoms with Gasteiger partial charge in [0.05, 0.1) is 18.2 Å². The number of nitrogens with two attached hydrogens (primary N) is 1. The van der Waals surface area contributed by atoms with Gasteiger partial charge in [-0.3, -0.25) is 4.79 Å². The summed E-state index contributed by atoms with van der Waals surface area (Å²) in [5.41, 5.74) is 6.46. The van der Waals surface area contributed by atoms with Gasteiger partial charge < -0.3 is 15.4 Å². The summed E-state index contributed by atoms with van der Waals surface area (Å²) >= 11 is 0. The van der Waals surface area contributed by atoms with Crippen LogP contribution in [0.4, 0.5) is 10.1 Å². The summed E-state index contributed by atoms with van der Waals surface area (Å²) < 4.78 is 19.1. The number of halogens is 1. The Labute approximate surface area is 113 Å². The number of hydrogen-bond donors (Lipinski definition) is 1. The number of hydrogen-bond acceptors (Lipinski definition) is 3. The predicted octanol–water partition coefficient (Wildman–Crippen LogP) is 2.21. The van der Waals surface area contributed by atoms with Crippen LogP contribution in [0.5, 0.6) is 0 Å². The maximum atomic E-state index is 14.0. The number of amides is 1. The summed E-state index contributed by atoms with van der Waals surface area (Å²) in [6.07, 6.45) is 0. The lowest BCUT2D eigenvalue weighted by molar-refractivity contribution is 0.0575. The van der Waals surface area contributed by atoms with E-state index in [1.807, 2.05) is 13.8 Å². The summed E-state index contributed by atoms with van der Waals surface area (Å²) in [7, 11) is 1.57. The molecule has 2 N–H and O–H groups in total.